The molecular formula is C18H21ClFN2O+. The molecule has 0 aliphatic carbocycles. The van der Waals surface area contributed by atoms with E-state index in [9.17, 15) is 9.18 Å². The lowest BCUT2D eigenvalue weighted by molar-refractivity contribution is -0.908. The first kappa shape index (κ1) is 17.4. The van der Waals surface area contributed by atoms with E-state index in [1.165, 1.54) is 6.07 Å². The van der Waals surface area contributed by atoms with Crippen molar-refractivity contribution in [1.82, 2.24) is 5.32 Å². The second-order valence-corrected chi connectivity index (χ2v) is 6.06. The van der Waals surface area contributed by atoms with E-state index < -0.39 is 0 Å². The molecule has 1 unspecified atom stereocenters. The molecule has 0 fully saturated rings. The zero-order valence-electron chi connectivity index (χ0n) is 13.3. The fourth-order valence-electron chi connectivity index (χ4n) is 2.30. The first-order chi connectivity index (χ1) is 11.0. The van der Waals surface area contributed by atoms with Crippen molar-refractivity contribution in [2.45, 2.75) is 26.1 Å². The summed E-state index contributed by atoms with van der Waals surface area (Å²) in [6, 6.07) is 14.0. The van der Waals surface area contributed by atoms with Crippen molar-refractivity contribution >= 4 is 17.5 Å². The predicted molar refractivity (Wildman–Crippen MR) is 89.8 cm³/mol. The number of benzene rings is 2. The molecule has 3 nitrogen and oxygen atoms in total. The Kier molecular flexibility index (Phi) is 6.13. The van der Waals surface area contributed by atoms with Crippen molar-refractivity contribution in [3.05, 3.63) is 70.5 Å². The molecule has 122 valence electrons. The summed E-state index contributed by atoms with van der Waals surface area (Å²) in [5.74, 6) is -0.410. The Hall–Kier alpha value is -1.91. The van der Waals surface area contributed by atoms with Crippen LogP contribution in [0.2, 0.25) is 5.02 Å². The molecule has 2 rings (SSSR count). The van der Waals surface area contributed by atoms with E-state index in [0.717, 1.165) is 10.5 Å². The summed E-state index contributed by atoms with van der Waals surface area (Å²) >= 11 is 6.05. The fourth-order valence-corrected chi connectivity index (χ4v) is 2.52. The summed E-state index contributed by atoms with van der Waals surface area (Å²) in [5, 5.41) is 3.30. The molecule has 2 atom stereocenters. The first-order valence-electron chi connectivity index (χ1n) is 7.56. The van der Waals surface area contributed by atoms with Crippen molar-refractivity contribution < 1.29 is 14.1 Å². The van der Waals surface area contributed by atoms with Crippen LogP contribution in [0.5, 0.6) is 0 Å². The first-order valence-corrected chi connectivity index (χ1v) is 7.93. The van der Waals surface area contributed by atoms with E-state index in [0.29, 0.717) is 23.7 Å². The van der Waals surface area contributed by atoms with Crippen LogP contribution in [0.25, 0.3) is 0 Å². The molecule has 2 aromatic rings. The second kappa shape index (κ2) is 8.09. The van der Waals surface area contributed by atoms with Crippen molar-refractivity contribution in [3.8, 4) is 0 Å². The number of hydrogen-bond acceptors (Lipinski definition) is 1. The summed E-state index contributed by atoms with van der Waals surface area (Å²) in [6.45, 7) is 2.66. The third-order valence-corrected chi connectivity index (χ3v) is 4.31. The van der Waals surface area contributed by atoms with Gasteiger partial charge in [-0.2, -0.15) is 0 Å². The molecule has 0 aliphatic rings. The van der Waals surface area contributed by atoms with Gasteiger partial charge in [-0.05, 0) is 24.6 Å². The van der Waals surface area contributed by atoms with Crippen LogP contribution in [0.4, 0.5) is 4.39 Å². The number of likely N-dealkylation sites (N-methyl/N-ethyl adjacent to an activating group) is 1. The lowest BCUT2D eigenvalue weighted by atomic mass is 10.1. The third kappa shape index (κ3) is 4.78. The summed E-state index contributed by atoms with van der Waals surface area (Å²) in [4.78, 5) is 13.1. The highest BCUT2D eigenvalue weighted by Crippen LogP contribution is 2.17. The fraction of sp³-hybridized carbons (Fsp3) is 0.278. The molecule has 0 spiro atoms. The van der Waals surface area contributed by atoms with Gasteiger partial charge in [0.25, 0.3) is 5.91 Å². The molecule has 0 radical (unpaired) electrons. The van der Waals surface area contributed by atoms with Gasteiger partial charge in [0.1, 0.15) is 12.4 Å². The lowest BCUT2D eigenvalue weighted by Gasteiger charge is -2.21. The molecule has 5 heteroatoms. The number of hydrogen-bond donors (Lipinski definition) is 2. The Bertz CT molecular complexity index is 643. The zero-order valence-corrected chi connectivity index (χ0v) is 14.0. The van der Waals surface area contributed by atoms with E-state index in [1.807, 2.05) is 44.3 Å². The Labute approximate surface area is 141 Å². The molecular weight excluding hydrogens is 315 g/mol. The summed E-state index contributed by atoms with van der Waals surface area (Å²) < 4.78 is 13.8. The average Bonchev–Trinajstić information content (AvgIpc) is 2.56. The maximum atomic E-state index is 13.8. The highest BCUT2D eigenvalue weighted by atomic mass is 35.5. The van der Waals surface area contributed by atoms with Gasteiger partial charge >= 0.3 is 0 Å². The van der Waals surface area contributed by atoms with Crippen molar-refractivity contribution in [1.29, 1.82) is 0 Å². The molecule has 2 aromatic carbocycles. The minimum Gasteiger partial charge on any atom is -0.347 e. The number of nitrogens with one attached hydrogen (secondary N) is 2. The minimum atomic E-state index is -0.339. The predicted octanol–water partition coefficient (Wildman–Crippen LogP) is 2.20. The van der Waals surface area contributed by atoms with Crippen LogP contribution in [-0.4, -0.2) is 19.0 Å². The third-order valence-electron chi connectivity index (χ3n) is 3.96. The Morgan fingerprint density at radius 2 is 1.91 bits per heavy atom. The summed E-state index contributed by atoms with van der Waals surface area (Å²) in [6.07, 6.45) is 0. The monoisotopic (exact) mass is 335 g/mol. The summed E-state index contributed by atoms with van der Waals surface area (Å²) in [7, 11) is 1.86. The molecule has 0 saturated carbocycles. The van der Waals surface area contributed by atoms with Crippen LogP contribution < -0.4 is 10.2 Å². The number of halogens is 2. The van der Waals surface area contributed by atoms with Crippen LogP contribution in [0, 0.1) is 5.82 Å². The molecule has 23 heavy (non-hydrogen) atoms. The SMILES string of the molecule is C[C@H](C(=O)NCc1ccccc1)[NH+](C)Cc1c(F)cccc1Cl. The Morgan fingerprint density at radius 3 is 2.57 bits per heavy atom. The number of carbonyl (C=O) groups excluding carboxylic acids is 1. The molecule has 0 aliphatic heterocycles. The Morgan fingerprint density at radius 1 is 1.22 bits per heavy atom. The standard InChI is InChI=1S/C18H20ClFN2O/c1-13(18(23)21-11-14-7-4-3-5-8-14)22(2)12-15-16(19)9-6-10-17(15)20/h3-10,13H,11-12H2,1-2H3,(H,21,23)/p+1/t13-/m1/s1. The lowest BCUT2D eigenvalue weighted by Crippen LogP contribution is -3.12. The van der Waals surface area contributed by atoms with Gasteiger partial charge in [-0.15, -0.1) is 0 Å². The highest BCUT2D eigenvalue weighted by molar-refractivity contribution is 6.31. The van der Waals surface area contributed by atoms with Crippen LogP contribution in [0.1, 0.15) is 18.1 Å². The van der Waals surface area contributed by atoms with Crippen molar-refractivity contribution in [3.63, 3.8) is 0 Å². The van der Waals surface area contributed by atoms with Gasteiger partial charge < -0.3 is 10.2 Å². The molecule has 2 N–H and O–H groups in total. The molecule has 0 aromatic heterocycles. The largest absolute Gasteiger partial charge is 0.347 e. The van der Waals surface area contributed by atoms with Crippen LogP contribution >= 0.6 is 11.6 Å². The van der Waals surface area contributed by atoms with Gasteiger partial charge in [-0.3, -0.25) is 4.79 Å². The van der Waals surface area contributed by atoms with Gasteiger partial charge in [0.2, 0.25) is 0 Å². The van der Waals surface area contributed by atoms with Crippen LogP contribution in [-0.2, 0) is 17.9 Å². The molecule has 0 bridgehead atoms. The number of quaternary nitrogens is 1. The zero-order chi connectivity index (χ0) is 16.8. The molecule has 1 amide bonds. The average molecular weight is 336 g/mol. The molecule has 0 saturated heterocycles. The van der Waals surface area contributed by atoms with Crippen molar-refractivity contribution in [2.24, 2.45) is 0 Å². The van der Waals surface area contributed by atoms with Gasteiger partial charge in [0.15, 0.2) is 6.04 Å². The van der Waals surface area contributed by atoms with Gasteiger partial charge in [0, 0.05) is 6.54 Å². The topological polar surface area (TPSA) is 33.5 Å². The van der Waals surface area contributed by atoms with E-state index >= 15 is 0 Å². The summed E-state index contributed by atoms with van der Waals surface area (Å²) in [5.41, 5.74) is 1.48. The smallest absolute Gasteiger partial charge is 0.278 e. The quantitative estimate of drug-likeness (QED) is 0.833. The maximum Gasteiger partial charge on any atom is 0.278 e. The second-order valence-electron chi connectivity index (χ2n) is 5.65. The van der Waals surface area contributed by atoms with E-state index in [-0.39, 0.29) is 17.8 Å². The van der Waals surface area contributed by atoms with Gasteiger partial charge in [-0.1, -0.05) is 48.0 Å². The maximum absolute atomic E-state index is 13.8. The van der Waals surface area contributed by atoms with Gasteiger partial charge in [0.05, 0.1) is 17.6 Å². The van der Waals surface area contributed by atoms with Gasteiger partial charge in [-0.25, -0.2) is 4.39 Å². The minimum absolute atomic E-state index is 0.0705. The van der Waals surface area contributed by atoms with E-state index in [4.69, 9.17) is 11.6 Å². The number of amides is 1. The number of rotatable bonds is 6. The highest BCUT2D eigenvalue weighted by Gasteiger charge is 2.23. The van der Waals surface area contributed by atoms with Crippen molar-refractivity contribution in [2.75, 3.05) is 7.05 Å². The van der Waals surface area contributed by atoms with Crippen LogP contribution in [0.3, 0.4) is 0 Å². The van der Waals surface area contributed by atoms with Crippen LogP contribution in [0.15, 0.2) is 48.5 Å². The Balaban J connectivity index is 1.93. The molecule has 0 heterocycles. The normalized spacial score (nSPS) is 13.4. The number of carbonyl (C=O) groups is 1. The van der Waals surface area contributed by atoms with E-state index in [1.54, 1.807) is 12.1 Å². The van der Waals surface area contributed by atoms with E-state index in [2.05, 4.69) is 5.32 Å².